The molecule has 1 aromatic rings. The standard InChI is InChI=1S/C21H26BrFN2O/c1-2-24-12-15-8-9-16-19(13-6-4-3-5-7-13)25-20-17(21(16)26-15)10-14(22)11-18(20)23/h3-6,10-11,13,15-16,19,21,24-25H,2,7-9,12H2,1H3/t13?,15-,16+,19+,21+/m1/s1. The van der Waals surface area contributed by atoms with Crippen molar-refractivity contribution in [2.75, 3.05) is 18.4 Å². The first-order chi connectivity index (χ1) is 12.7. The normalized spacial score (nSPS) is 32.7. The molecule has 4 rings (SSSR count). The van der Waals surface area contributed by atoms with Crippen molar-refractivity contribution >= 4 is 21.6 Å². The molecule has 1 unspecified atom stereocenters. The van der Waals surface area contributed by atoms with Gasteiger partial charge in [0.2, 0.25) is 0 Å². The quantitative estimate of drug-likeness (QED) is 0.721. The van der Waals surface area contributed by atoms with Gasteiger partial charge in [0.25, 0.3) is 0 Å². The molecule has 3 nitrogen and oxygen atoms in total. The van der Waals surface area contributed by atoms with Crippen molar-refractivity contribution in [2.45, 2.75) is 44.4 Å². The molecule has 5 atom stereocenters. The van der Waals surface area contributed by atoms with Crippen LogP contribution in [0.2, 0.25) is 0 Å². The number of rotatable bonds is 4. The van der Waals surface area contributed by atoms with Crippen LogP contribution in [-0.4, -0.2) is 25.2 Å². The first-order valence-electron chi connectivity index (χ1n) is 9.62. The van der Waals surface area contributed by atoms with Gasteiger partial charge in [0.1, 0.15) is 5.82 Å². The molecule has 26 heavy (non-hydrogen) atoms. The van der Waals surface area contributed by atoms with E-state index in [1.807, 2.05) is 6.07 Å². The van der Waals surface area contributed by atoms with Crippen LogP contribution in [0.25, 0.3) is 0 Å². The summed E-state index contributed by atoms with van der Waals surface area (Å²) in [5.74, 6) is 0.526. The Morgan fingerprint density at radius 3 is 2.96 bits per heavy atom. The van der Waals surface area contributed by atoms with Crippen molar-refractivity contribution in [3.8, 4) is 0 Å². The minimum Gasteiger partial charge on any atom is -0.379 e. The summed E-state index contributed by atoms with van der Waals surface area (Å²) in [6, 6.07) is 3.76. The summed E-state index contributed by atoms with van der Waals surface area (Å²) in [6.07, 6.45) is 11.9. The highest BCUT2D eigenvalue weighted by Crippen LogP contribution is 2.49. The van der Waals surface area contributed by atoms with Gasteiger partial charge in [0.15, 0.2) is 0 Å². The van der Waals surface area contributed by atoms with Gasteiger partial charge in [-0.05, 0) is 37.9 Å². The van der Waals surface area contributed by atoms with Gasteiger partial charge in [-0.3, -0.25) is 0 Å². The number of hydrogen-bond acceptors (Lipinski definition) is 3. The first-order valence-corrected chi connectivity index (χ1v) is 10.4. The van der Waals surface area contributed by atoms with Crippen molar-refractivity contribution < 1.29 is 9.13 Å². The van der Waals surface area contributed by atoms with Crippen molar-refractivity contribution in [2.24, 2.45) is 11.8 Å². The molecule has 2 aliphatic heterocycles. The van der Waals surface area contributed by atoms with E-state index in [1.54, 1.807) is 6.07 Å². The number of halogens is 2. The van der Waals surface area contributed by atoms with Crippen LogP contribution in [0.5, 0.6) is 0 Å². The van der Waals surface area contributed by atoms with Crippen LogP contribution >= 0.6 is 15.9 Å². The Kier molecular flexibility index (Phi) is 5.48. The molecule has 140 valence electrons. The molecule has 0 bridgehead atoms. The molecular weight excluding hydrogens is 395 g/mol. The summed E-state index contributed by atoms with van der Waals surface area (Å²) < 4.78 is 22.0. The SMILES string of the molecule is CCNC[C@H]1CC[C@@H]2[C@H](O1)c1cc(Br)cc(F)c1N[C@H]2C1C=CC=CC1. The number of nitrogens with one attached hydrogen (secondary N) is 2. The Balaban J connectivity index is 1.67. The number of hydrogen-bond donors (Lipinski definition) is 2. The van der Waals surface area contributed by atoms with Crippen LogP contribution in [0.4, 0.5) is 10.1 Å². The third-order valence-corrected chi connectivity index (χ3v) is 6.27. The lowest BCUT2D eigenvalue weighted by Crippen LogP contribution is -2.48. The van der Waals surface area contributed by atoms with Crippen molar-refractivity contribution in [3.05, 3.63) is 52.3 Å². The Morgan fingerprint density at radius 2 is 2.19 bits per heavy atom. The number of allylic oxidation sites excluding steroid dienone is 3. The van der Waals surface area contributed by atoms with E-state index in [9.17, 15) is 4.39 Å². The van der Waals surface area contributed by atoms with Gasteiger partial charge in [0.05, 0.1) is 17.9 Å². The Morgan fingerprint density at radius 1 is 1.31 bits per heavy atom. The summed E-state index contributed by atoms with van der Waals surface area (Å²) in [5, 5.41) is 6.93. The van der Waals surface area contributed by atoms with Gasteiger partial charge in [-0.2, -0.15) is 0 Å². The number of anilines is 1. The van der Waals surface area contributed by atoms with E-state index in [-0.39, 0.29) is 24.1 Å². The fourth-order valence-corrected chi connectivity index (χ4v) is 5.02. The van der Waals surface area contributed by atoms with Gasteiger partial charge in [-0.25, -0.2) is 4.39 Å². The summed E-state index contributed by atoms with van der Waals surface area (Å²) in [6.45, 7) is 3.90. The first kappa shape index (κ1) is 18.2. The summed E-state index contributed by atoms with van der Waals surface area (Å²) in [4.78, 5) is 0. The summed E-state index contributed by atoms with van der Waals surface area (Å²) in [5.41, 5.74) is 1.57. The van der Waals surface area contributed by atoms with Crippen LogP contribution in [0, 0.1) is 17.7 Å². The van der Waals surface area contributed by atoms with E-state index in [1.165, 1.54) is 0 Å². The number of benzene rings is 1. The van der Waals surface area contributed by atoms with Gasteiger partial charge in [0, 0.05) is 34.5 Å². The topological polar surface area (TPSA) is 33.3 Å². The van der Waals surface area contributed by atoms with Crippen LogP contribution in [-0.2, 0) is 4.74 Å². The van der Waals surface area contributed by atoms with E-state index in [0.29, 0.717) is 17.5 Å². The molecule has 0 amide bonds. The zero-order valence-corrected chi connectivity index (χ0v) is 16.6. The minimum absolute atomic E-state index is 0.0556. The lowest BCUT2D eigenvalue weighted by atomic mass is 9.73. The highest BCUT2D eigenvalue weighted by molar-refractivity contribution is 9.10. The van der Waals surface area contributed by atoms with E-state index in [0.717, 1.165) is 42.4 Å². The maximum atomic E-state index is 14.7. The third-order valence-electron chi connectivity index (χ3n) is 5.81. The van der Waals surface area contributed by atoms with E-state index in [2.05, 4.69) is 57.8 Å². The molecule has 1 aliphatic carbocycles. The molecule has 0 saturated carbocycles. The van der Waals surface area contributed by atoms with E-state index in [4.69, 9.17) is 4.74 Å². The van der Waals surface area contributed by atoms with Crippen LogP contribution in [0.3, 0.4) is 0 Å². The van der Waals surface area contributed by atoms with Gasteiger partial charge in [-0.15, -0.1) is 0 Å². The van der Waals surface area contributed by atoms with Crippen LogP contribution < -0.4 is 10.6 Å². The smallest absolute Gasteiger partial charge is 0.147 e. The summed E-state index contributed by atoms with van der Waals surface area (Å²) >= 11 is 3.45. The largest absolute Gasteiger partial charge is 0.379 e. The molecule has 3 aliphatic rings. The molecule has 5 heteroatoms. The highest BCUT2D eigenvalue weighted by Gasteiger charge is 2.44. The minimum atomic E-state index is -0.203. The molecular formula is C21H26BrFN2O. The molecule has 0 radical (unpaired) electrons. The van der Waals surface area contributed by atoms with E-state index >= 15 is 0 Å². The molecule has 1 fully saturated rings. The second-order valence-corrected chi connectivity index (χ2v) is 8.38. The Labute approximate surface area is 163 Å². The maximum Gasteiger partial charge on any atom is 0.147 e. The lowest BCUT2D eigenvalue weighted by Gasteiger charge is -2.47. The Bertz CT molecular complexity index is 720. The average molecular weight is 421 g/mol. The number of ether oxygens (including phenoxy) is 1. The Hall–Kier alpha value is -1.17. The average Bonchev–Trinajstić information content (AvgIpc) is 2.66. The second kappa shape index (κ2) is 7.83. The van der Waals surface area contributed by atoms with Crippen molar-refractivity contribution in [3.63, 3.8) is 0 Å². The van der Waals surface area contributed by atoms with Gasteiger partial charge >= 0.3 is 0 Å². The van der Waals surface area contributed by atoms with Crippen LogP contribution in [0.1, 0.15) is 37.9 Å². The molecule has 0 spiro atoms. The third kappa shape index (κ3) is 3.49. The molecule has 0 aromatic heterocycles. The van der Waals surface area contributed by atoms with Gasteiger partial charge < -0.3 is 15.4 Å². The molecule has 2 N–H and O–H groups in total. The molecule has 2 heterocycles. The zero-order chi connectivity index (χ0) is 18.1. The van der Waals surface area contributed by atoms with Crippen molar-refractivity contribution in [1.29, 1.82) is 0 Å². The van der Waals surface area contributed by atoms with Crippen LogP contribution in [0.15, 0.2) is 40.9 Å². The fraction of sp³-hybridized carbons (Fsp3) is 0.524. The predicted molar refractivity (Wildman–Crippen MR) is 107 cm³/mol. The fourth-order valence-electron chi connectivity index (χ4n) is 4.57. The zero-order valence-electron chi connectivity index (χ0n) is 15.1. The predicted octanol–water partition coefficient (Wildman–Crippen LogP) is 4.96. The molecule has 1 aromatic carbocycles. The highest BCUT2D eigenvalue weighted by atomic mass is 79.9. The lowest BCUT2D eigenvalue weighted by molar-refractivity contribution is -0.0939. The summed E-state index contributed by atoms with van der Waals surface area (Å²) in [7, 11) is 0. The monoisotopic (exact) mass is 420 g/mol. The van der Waals surface area contributed by atoms with E-state index < -0.39 is 0 Å². The molecule has 1 saturated heterocycles. The second-order valence-electron chi connectivity index (χ2n) is 7.46. The number of likely N-dealkylation sites (N-methyl/N-ethyl adjacent to an activating group) is 1. The van der Waals surface area contributed by atoms with Gasteiger partial charge in [-0.1, -0.05) is 47.2 Å². The maximum absolute atomic E-state index is 14.7. The number of fused-ring (bicyclic) bond motifs is 3. The van der Waals surface area contributed by atoms with Crippen molar-refractivity contribution in [1.82, 2.24) is 5.32 Å².